The van der Waals surface area contributed by atoms with E-state index >= 15 is 0 Å². The minimum Gasteiger partial charge on any atom is -0.493 e. The average Bonchev–Trinajstić information content (AvgIpc) is 2.92. The molecular weight excluding hydrogens is 480 g/mol. The van der Waals surface area contributed by atoms with Crippen molar-refractivity contribution >= 4 is 18.1 Å². The largest absolute Gasteiger partial charge is 0.493 e. The minimum atomic E-state index is -0.594. The van der Waals surface area contributed by atoms with Gasteiger partial charge in [0.05, 0.1) is 53.7 Å². The summed E-state index contributed by atoms with van der Waals surface area (Å²) in [5.74, 6) is 1.63. The van der Waals surface area contributed by atoms with E-state index in [1.165, 1.54) is 46.8 Å². The lowest BCUT2D eigenvalue weighted by molar-refractivity contribution is -0.120. The van der Waals surface area contributed by atoms with E-state index in [-0.39, 0.29) is 17.9 Å². The van der Waals surface area contributed by atoms with Gasteiger partial charge in [-0.25, -0.2) is 10.2 Å². The maximum absolute atomic E-state index is 12.6. The second kappa shape index (κ2) is 12.8. The Morgan fingerprint density at radius 2 is 1.38 bits per heavy atom. The number of amides is 1. The smallest absolute Gasteiger partial charge is 0.343 e. The van der Waals surface area contributed by atoms with Crippen molar-refractivity contribution in [1.82, 2.24) is 5.43 Å². The predicted octanol–water partition coefficient (Wildman–Crippen LogP) is 3.64. The molecule has 1 N–H and O–H groups in total. The zero-order chi connectivity index (χ0) is 26.8. The number of ether oxygens (including phenoxy) is 6. The van der Waals surface area contributed by atoms with Crippen molar-refractivity contribution in [2.24, 2.45) is 5.10 Å². The number of hydrazone groups is 1. The average molecular weight is 509 g/mol. The third kappa shape index (κ3) is 6.91. The summed E-state index contributed by atoms with van der Waals surface area (Å²) in [5, 5.41) is 3.98. The van der Waals surface area contributed by atoms with Crippen molar-refractivity contribution in [2.45, 2.75) is 6.42 Å². The van der Waals surface area contributed by atoms with Gasteiger partial charge in [0.15, 0.2) is 23.0 Å². The molecule has 0 atom stereocenters. The number of nitrogens with one attached hydrogen (secondary N) is 1. The van der Waals surface area contributed by atoms with Crippen LogP contribution < -0.4 is 33.8 Å². The van der Waals surface area contributed by atoms with Crippen LogP contribution in [0.1, 0.15) is 21.5 Å². The third-order valence-corrected chi connectivity index (χ3v) is 5.21. The van der Waals surface area contributed by atoms with Crippen LogP contribution in [0.15, 0.2) is 59.7 Å². The highest BCUT2D eigenvalue weighted by atomic mass is 16.5. The van der Waals surface area contributed by atoms with Gasteiger partial charge in [-0.3, -0.25) is 4.79 Å². The highest BCUT2D eigenvalue weighted by molar-refractivity contribution is 5.93. The van der Waals surface area contributed by atoms with Crippen LogP contribution in [-0.2, 0) is 11.2 Å². The quantitative estimate of drug-likeness (QED) is 0.181. The van der Waals surface area contributed by atoms with Crippen LogP contribution in [0.25, 0.3) is 0 Å². The number of hydrogen-bond donors (Lipinski definition) is 1. The fraction of sp³-hybridized carbons (Fsp3) is 0.222. The number of carbonyl (C=O) groups is 2. The molecule has 37 heavy (non-hydrogen) atoms. The molecule has 0 aliphatic carbocycles. The van der Waals surface area contributed by atoms with Gasteiger partial charge in [0.2, 0.25) is 11.7 Å². The van der Waals surface area contributed by atoms with Gasteiger partial charge in [-0.15, -0.1) is 0 Å². The summed E-state index contributed by atoms with van der Waals surface area (Å²) in [6, 6.07) is 14.9. The molecule has 0 fully saturated rings. The second-order valence-corrected chi connectivity index (χ2v) is 7.53. The fourth-order valence-electron chi connectivity index (χ4n) is 3.38. The van der Waals surface area contributed by atoms with Crippen molar-refractivity contribution in [3.8, 4) is 34.5 Å². The van der Waals surface area contributed by atoms with Crippen LogP contribution >= 0.6 is 0 Å². The number of carbonyl (C=O) groups excluding carboxylic acids is 2. The zero-order valence-electron chi connectivity index (χ0n) is 21.2. The summed E-state index contributed by atoms with van der Waals surface area (Å²) in [6.07, 6.45) is 1.60. The molecule has 0 heterocycles. The first kappa shape index (κ1) is 26.9. The van der Waals surface area contributed by atoms with E-state index in [1.54, 1.807) is 49.6 Å². The Morgan fingerprint density at radius 1 is 0.757 bits per heavy atom. The molecule has 0 bridgehead atoms. The zero-order valence-corrected chi connectivity index (χ0v) is 21.2. The lowest BCUT2D eigenvalue weighted by Crippen LogP contribution is -2.19. The van der Waals surface area contributed by atoms with Gasteiger partial charge in [-0.2, -0.15) is 5.10 Å². The van der Waals surface area contributed by atoms with E-state index in [2.05, 4.69) is 10.5 Å². The van der Waals surface area contributed by atoms with E-state index in [9.17, 15) is 9.59 Å². The number of methoxy groups -OCH3 is 5. The van der Waals surface area contributed by atoms with Gasteiger partial charge in [0.1, 0.15) is 5.75 Å². The summed E-state index contributed by atoms with van der Waals surface area (Å²) >= 11 is 0. The Balaban J connectivity index is 1.58. The Labute approximate surface area is 214 Å². The molecule has 0 radical (unpaired) electrons. The van der Waals surface area contributed by atoms with Crippen molar-refractivity contribution in [1.29, 1.82) is 0 Å². The molecule has 3 aromatic carbocycles. The molecule has 0 saturated heterocycles. The van der Waals surface area contributed by atoms with Crippen LogP contribution in [0.3, 0.4) is 0 Å². The number of hydrogen-bond acceptors (Lipinski definition) is 9. The van der Waals surface area contributed by atoms with E-state index in [0.717, 1.165) is 5.56 Å². The summed E-state index contributed by atoms with van der Waals surface area (Å²) in [7, 11) is 7.49. The first-order chi connectivity index (χ1) is 17.9. The third-order valence-electron chi connectivity index (χ3n) is 5.21. The summed E-state index contributed by atoms with van der Waals surface area (Å²) in [4.78, 5) is 24.9. The SMILES string of the molecule is COc1ccc(CC(=O)NN=Cc2ccc(OC(=O)c3cc(OC)c(OC)c(OC)c3)cc2)cc1OC. The predicted molar refractivity (Wildman–Crippen MR) is 136 cm³/mol. The Kier molecular flexibility index (Phi) is 9.31. The number of esters is 1. The van der Waals surface area contributed by atoms with Gasteiger partial charge < -0.3 is 28.4 Å². The Bertz CT molecular complexity index is 1250. The highest BCUT2D eigenvalue weighted by Crippen LogP contribution is 2.38. The molecule has 10 nitrogen and oxygen atoms in total. The first-order valence-electron chi connectivity index (χ1n) is 11.1. The molecule has 0 saturated carbocycles. The van der Waals surface area contributed by atoms with E-state index in [0.29, 0.717) is 40.1 Å². The minimum absolute atomic E-state index is 0.119. The molecule has 0 spiro atoms. The van der Waals surface area contributed by atoms with Crippen molar-refractivity contribution < 1.29 is 38.0 Å². The maximum Gasteiger partial charge on any atom is 0.343 e. The summed E-state index contributed by atoms with van der Waals surface area (Å²) in [6.45, 7) is 0. The topological polar surface area (TPSA) is 114 Å². The molecular formula is C27H28N2O8. The summed E-state index contributed by atoms with van der Waals surface area (Å²) in [5.41, 5.74) is 4.16. The van der Waals surface area contributed by atoms with Crippen LogP contribution in [0.2, 0.25) is 0 Å². The molecule has 194 valence electrons. The molecule has 3 aromatic rings. The van der Waals surface area contributed by atoms with E-state index < -0.39 is 5.97 Å². The lowest BCUT2D eigenvalue weighted by Gasteiger charge is -2.13. The van der Waals surface area contributed by atoms with Crippen molar-refractivity contribution in [3.63, 3.8) is 0 Å². The Hall–Kier alpha value is -4.73. The highest BCUT2D eigenvalue weighted by Gasteiger charge is 2.18. The normalized spacial score (nSPS) is 10.5. The fourth-order valence-corrected chi connectivity index (χ4v) is 3.38. The molecule has 0 aliphatic heterocycles. The van der Waals surface area contributed by atoms with Crippen LogP contribution in [0.5, 0.6) is 34.5 Å². The number of rotatable bonds is 11. The second-order valence-electron chi connectivity index (χ2n) is 7.53. The molecule has 0 aliphatic rings. The van der Waals surface area contributed by atoms with Gasteiger partial charge in [0.25, 0.3) is 0 Å². The van der Waals surface area contributed by atoms with Gasteiger partial charge in [-0.05, 0) is 59.7 Å². The standard InChI is InChI=1S/C27H28N2O8/c1-32-21-11-8-18(12-22(21)33-2)13-25(30)29-28-16-17-6-9-20(10-7-17)37-27(31)19-14-23(34-3)26(36-5)24(15-19)35-4/h6-12,14-16H,13H2,1-5H3,(H,29,30). The van der Waals surface area contributed by atoms with Crippen LogP contribution in [0, 0.1) is 0 Å². The van der Waals surface area contributed by atoms with E-state index in [4.69, 9.17) is 28.4 Å². The molecule has 10 heteroatoms. The maximum atomic E-state index is 12.6. The van der Waals surface area contributed by atoms with Crippen LogP contribution in [0.4, 0.5) is 0 Å². The molecule has 3 rings (SSSR count). The number of nitrogens with zero attached hydrogens (tertiary/aromatic N) is 1. The van der Waals surface area contributed by atoms with Crippen molar-refractivity contribution in [3.05, 3.63) is 71.3 Å². The molecule has 0 aromatic heterocycles. The summed E-state index contributed by atoms with van der Waals surface area (Å²) < 4.78 is 31.7. The van der Waals surface area contributed by atoms with Gasteiger partial charge in [-0.1, -0.05) is 6.07 Å². The molecule has 0 unspecified atom stereocenters. The van der Waals surface area contributed by atoms with E-state index in [1.807, 2.05) is 0 Å². The van der Waals surface area contributed by atoms with Gasteiger partial charge in [0, 0.05) is 0 Å². The number of benzene rings is 3. The van der Waals surface area contributed by atoms with Crippen LogP contribution in [-0.4, -0.2) is 53.6 Å². The Morgan fingerprint density at radius 3 is 1.95 bits per heavy atom. The van der Waals surface area contributed by atoms with Crippen molar-refractivity contribution in [2.75, 3.05) is 35.5 Å². The van der Waals surface area contributed by atoms with Gasteiger partial charge >= 0.3 is 5.97 Å². The lowest BCUT2D eigenvalue weighted by atomic mass is 10.1. The first-order valence-corrected chi connectivity index (χ1v) is 11.1. The molecule has 1 amide bonds. The monoisotopic (exact) mass is 508 g/mol.